The van der Waals surface area contributed by atoms with Crippen LogP contribution in [-0.4, -0.2) is 117 Å². The van der Waals surface area contributed by atoms with E-state index in [0.717, 1.165) is 19.3 Å². The zero-order chi connectivity index (χ0) is 25.8. The highest BCUT2D eigenvalue weighted by Gasteiger charge is 2.50. The fraction of sp³-hybridized carbons (Fsp3) is 1.00. The van der Waals surface area contributed by atoms with Gasteiger partial charge in [0, 0.05) is 6.61 Å². The molecule has 0 aromatic rings. The summed E-state index contributed by atoms with van der Waals surface area (Å²) in [6.07, 6.45) is -2.63. The van der Waals surface area contributed by atoms with Crippen molar-refractivity contribution in [2.75, 3.05) is 19.8 Å². The van der Waals surface area contributed by atoms with Crippen LogP contribution in [0.4, 0.5) is 0 Å². The van der Waals surface area contributed by atoms with E-state index in [-0.39, 0.29) is 0 Å². The Morgan fingerprint density at radius 2 is 1.09 bits per heavy atom. The Labute approximate surface area is 207 Å². The lowest BCUT2D eigenvalue weighted by atomic mass is 9.97. The number of hydrogen-bond donors (Lipinski definition) is 7. The fourth-order valence-corrected chi connectivity index (χ4v) is 4.48. The summed E-state index contributed by atoms with van der Waals surface area (Å²) in [5, 5.41) is 70.1. The molecule has 2 saturated heterocycles. The van der Waals surface area contributed by atoms with Crippen LogP contribution in [0.5, 0.6) is 0 Å². The van der Waals surface area contributed by atoms with Crippen molar-refractivity contribution >= 4 is 0 Å². The molecular formula is C24H46O11. The standard InChI is InChI=1S/C24H46O11/c1-2-3-4-5-6-7-8-9-10-11-12-32-23-21(31)19(29)22(16(14-26)34-23)35-24-20(30)18(28)17(27)15(13-25)33-24/h15-31H,2-14H2,1H3/t15-,16-,17+,18+,19-,20-,21-,22-,23+,24+/m1/s1. The molecule has 2 aliphatic rings. The van der Waals surface area contributed by atoms with Crippen LogP contribution < -0.4 is 0 Å². The molecule has 0 aromatic heterocycles. The van der Waals surface area contributed by atoms with E-state index in [0.29, 0.717) is 6.61 Å². The molecule has 0 radical (unpaired) electrons. The topological polar surface area (TPSA) is 179 Å². The van der Waals surface area contributed by atoms with E-state index in [9.17, 15) is 35.7 Å². The van der Waals surface area contributed by atoms with Gasteiger partial charge in [-0.15, -0.1) is 0 Å². The van der Waals surface area contributed by atoms with E-state index < -0.39 is 74.6 Å². The lowest BCUT2D eigenvalue weighted by Crippen LogP contribution is -2.64. The van der Waals surface area contributed by atoms with E-state index in [1.165, 1.54) is 44.9 Å². The van der Waals surface area contributed by atoms with E-state index in [4.69, 9.17) is 18.9 Å². The summed E-state index contributed by atoms with van der Waals surface area (Å²) in [5.74, 6) is 0. The van der Waals surface area contributed by atoms with Crippen molar-refractivity contribution in [3.05, 3.63) is 0 Å². The van der Waals surface area contributed by atoms with Gasteiger partial charge in [0.15, 0.2) is 12.6 Å². The first-order chi connectivity index (χ1) is 16.8. The Morgan fingerprint density at radius 3 is 1.66 bits per heavy atom. The summed E-state index contributed by atoms with van der Waals surface area (Å²) in [4.78, 5) is 0. The van der Waals surface area contributed by atoms with Gasteiger partial charge in [-0.2, -0.15) is 0 Å². The van der Waals surface area contributed by atoms with Crippen molar-refractivity contribution in [2.24, 2.45) is 0 Å². The third-order valence-electron chi connectivity index (χ3n) is 6.74. The average Bonchev–Trinajstić information content (AvgIpc) is 2.86. The number of hydrogen-bond acceptors (Lipinski definition) is 11. The van der Waals surface area contributed by atoms with Gasteiger partial charge >= 0.3 is 0 Å². The number of aliphatic hydroxyl groups excluding tert-OH is 7. The van der Waals surface area contributed by atoms with Gasteiger partial charge < -0.3 is 54.7 Å². The Kier molecular flexibility index (Phi) is 14.4. The van der Waals surface area contributed by atoms with Gasteiger partial charge in [0.05, 0.1) is 13.2 Å². The minimum absolute atomic E-state index is 0.321. The van der Waals surface area contributed by atoms with Crippen molar-refractivity contribution in [1.29, 1.82) is 0 Å². The number of rotatable bonds is 16. The SMILES string of the molecule is CCCCCCCCCCCCO[C@H]1O[C@H](CO)[C@@H](O[C@@H]2O[C@H](CO)[C@H](O)[C@H](O)[C@H]2O)[C@H](O)[C@H]1O. The normalized spacial score (nSPS) is 38.1. The molecule has 0 aliphatic carbocycles. The van der Waals surface area contributed by atoms with Crippen LogP contribution in [0.1, 0.15) is 71.1 Å². The smallest absolute Gasteiger partial charge is 0.187 e. The Bertz CT molecular complexity index is 550. The van der Waals surface area contributed by atoms with Crippen molar-refractivity contribution in [2.45, 2.75) is 133 Å². The van der Waals surface area contributed by atoms with Crippen LogP contribution in [0.2, 0.25) is 0 Å². The maximum Gasteiger partial charge on any atom is 0.187 e. The van der Waals surface area contributed by atoms with Gasteiger partial charge in [0.2, 0.25) is 0 Å². The summed E-state index contributed by atoms with van der Waals surface area (Å²) in [6.45, 7) is 1.31. The van der Waals surface area contributed by atoms with Crippen LogP contribution in [0, 0.1) is 0 Å². The second kappa shape index (κ2) is 16.4. The summed E-state index contributed by atoms with van der Waals surface area (Å²) in [6, 6.07) is 0. The molecule has 208 valence electrons. The predicted molar refractivity (Wildman–Crippen MR) is 124 cm³/mol. The molecule has 0 spiro atoms. The molecule has 11 heteroatoms. The molecule has 2 rings (SSSR count). The van der Waals surface area contributed by atoms with E-state index in [1.807, 2.05) is 0 Å². The van der Waals surface area contributed by atoms with E-state index in [1.54, 1.807) is 0 Å². The van der Waals surface area contributed by atoms with Gasteiger partial charge in [-0.1, -0.05) is 64.7 Å². The van der Waals surface area contributed by atoms with Crippen LogP contribution in [0.25, 0.3) is 0 Å². The number of unbranched alkanes of at least 4 members (excludes halogenated alkanes) is 9. The van der Waals surface area contributed by atoms with Gasteiger partial charge in [0.1, 0.15) is 48.8 Å². The Morgan fingerprint density at radius 1 is 0.571 bits per heavy atom. The molecule has 0 aromatic carbocycles. The van der Waals surface area contributed by atoms with Crippen molar-refractivity contribution in [3.63, 3.8) is 0 Å². The predicted octanol–water partition coefficient (Wildman–Crippen LogP) is -0.452. The highest BCUT2D eigenvalue weighted by molar-refractivity contribution is 4.94. The van der Waals surface area contributed by atoms with Crippen LogP contribution in [0.15, 0.2) is 0 Å². The summed E-state index contributed by atoms with van der Waals surface area (Å²) in [7, 11) is 0. The molecular weight excluding hydrogens is 464 g/mol. The Balaban J connectivity index is 1.74. The zero-order valence-electron chi connectivity index (χ0n) is 20.7. The first-order valence-electron chi connectivity index (χ1n) is 13.1. The lowest BCUT2D eigenvalue weighted by Gasteiger charge is -2.45. The molecule has 0 saturated carbocycles. The molecule has 11 nitrogen and oxygen atoms in total. The summed E-state index contributed by atoms with van der Waals surface area (Å²) >= 11 is 0. The van der Waals surface area contributed by atoms with E-state index >= 15 is 0 Å². The molecule has 0 bridgehead atoms. The quantitative estimate of drug-likeness (QED) is 0.134. The van der Waals surface area contributed by atoms with Gasteiger partial charge in [-0.05, 0) is 6.42 Å². The molecule has 35 heavy (non-hydrogen) atoms. The minimum atomic E-state index is -1.69. The molecule has 2 aliphatic heterocycles. The lowest BCUT2D eigenvalue weighted by molar-refractivity contribution is -0.359. The molecule has 2 fully saturated rings. The van der Waals surface area contributed by atoms with E-state index in [2.05, 4.69) is 6.92 Å². The third kappa shape index (κ3) is 9.11. The van der Waals surface area contributed by atoms with Crippen molar-refractivity contribution < 1.29 is 54.7 Å². The third-order valence-corrected chi connectivity index (χ3v) is 6.74. The maximum absolute atomic E-state index is 10.6. The molecule has 10 atom stereocenters. The first kappa shape index (κ1) is 30.8. The van der Waals surface area contributed by atoms with Crippen LogP contribution in [0.3, 0.4) is 0 Å². The van der Waals surface area contributed by atoms with Gasteiger partial charge in [-0.3, -0.25) is 0 Å². The summed E-state index contributed by atoms with van der Waals surface area (Å²) < 4.78 is 22.0. The fourth-order valence-electron chi connectivity index (χ4n) is 4.48. The maximum atomic E-state index is 10.6. The van der Waals surface area contributed by atoms with Crippen molar-refractivity contribution in [1.82, 2.24) is 0 Å². The second-order valence-corrected chi connectivity index (χ2v) is 9.56. The van der Waals surface area contributed by atoms with Crippen LogP contribution >= 0.6 is 0 Å². The largest absolute Gasteiger partial charge is 0.394 e. The van der Waals surface area contributed by atoms with Crippen LogP contribution in [-0.2, 0) is 18.9 Å². The second-order valence-electron chi connectivity index (χ2n) is 9.56. The molecule has 0 amide bonds. The molecule has 0 unspecified atom stereocenters. The molecule has 2 heterocycles. The molecule has 7 N–H and O–H groups in total. The Hall–Kier alpha value is -0.440. The monoisotopic (exact) mass is 510 g/mol. The number of aliphatic hydroxyl groups is 7. The van der Waals surface area contributed by atoms with Crippen molar-refractivity contribution in [3.8, 4) is 0 Å². The highest BCUT2D eigenvalue weighted by atomic mass is 16.7. The van der Waals surface area contributed by atoms with Gasteiger partial charge in [0.25, 0.3) is 0 Å². The summed E-state index contributed by atoms with van der Waals surface area (Å²) in [5.41, 5.74) is 0. The zero-order valence-corrected chi connectivity index (χ0v) is 20.7. The average molecular weight is 511 g/mol. The first-order valence-corrected chi connectivity index (χ1v) is 13.1. The highest BCUT2D eigenvalue weighted by Crippen LogP contribution is 2.29. The number of ether oxygens (including phenoxy) is 4. The minimum Gasteiger partial charge on any atom is -0.394 e. The van der Waals surface area contributed by atoms with Gasteiger partial charge in [-0.25, -0.2) is 0 Å².